The van der Waals surface area contributed by atoms with E-state index < -0.39 is 0 Å². The molecule has 2 N–H and O–H groups in total. The minimum atomic E-state index is -0.243. The van der Waals surface area contributed by atoms with Gasteiger partial charge >= 0.3 is 6.03 Å². The van der Waals surface area contributed by atoms with Gasteiger partial charge in [0.15, 0.2) is 0 Å². The molecule has 0 bridgehead atoms. The third-order valence-electron chi connectivity index (χ3n) is 3.81. The molecule has 1 aromatic rings. The monoisotopic (exact) mass is 294 g/mol. The molecular weight excluding hydrogens is 272 g/mol. The van der Waals surface area contributed by atoms with Crippen molar-refractivity contribution in [1.82, 2.24) is 15.1 Å². The maximum Gasteiger partial charge on any atom is 0.320 e. The van der Waals surface area contributed by atoms with Crippen molar-refractivity contribution in [3.8, 4) is 0 Å². The van der Waals surface area contributed by atoms with Crippen molar-refractivity contribution in [2.24, 2.45) is 5.92 Å². The highest BCUT2D eigenvalue weighted by molar-refractivity contribution is 5.88. The summed E-state index contributed by atoms with van der Waals surface area (Å²) in [5.41, 5.74) is 0. The summed E-state index contributed by atoms with van der Waals surface area (Å²) in [6.07, 6.45) is 4.14. The fraction of sp³-hybridized carbons (Fsp3) is 0.714. The number of urea groups is 1. The molecule has 2 heterocycles. The lowest BCUT2D eigenvalue weighted by Gasteiger charge is -2.19. The number of amides is 2. The highest BCUT2D eigenvalue weighted by Gasteiger charge is 2.30. The quantitative estimate of drug-likeness (QED) is 0.827. The number of anilines is 1. The molecular formula is C14H22N4O3. The maximum atomic E-state index is 12.1. The lowest BCUT2D eigenvalue weighted by atomic mass is 10.2. The Morgan fingerprint density at radius 2 is 2.38 bits per heavy atom. The molecule has 1 saturated carbocycles. The standard InChI is InChI=1S/C14H22N4O3/c1-2-21-12-9-20-8-11(12)16-14(19)17-13-5-6-15-18(13)7-10-3-4-10/h5-6,10-12H,2-4,7-9H2,1H3,(H2,16,17,19)/t11-,12-/m0/s1. The van der Waals surface area contributed by atoms with E-state index in [9.17, 15) is 4.79 Å². The van der Waals surface area contributed by atoms with Crippen molar-refractivity contribution in [2.45, 2.75) is 38.5 Å². The number of carbonyl (C=O) groups excluding carboxylic acids is 1. The van der Waals surface area contributed by atoms with Gasteiger partial charge < -0.3 is 14.8 Å². The highest BCUT2D eigenvalue weighted by atomic mass is 16.5. The molecule has 2 aliphatic rings. The first-order valence-electron chi connectivity index (χ1n) is 7.55. The second kappa shape index (κ2) is 6.44. The van der Waals surface area contributed by atoms with Crippen LogP contribution in [0.25, 0.3) is 0 Å². The zero-order chi connectivity index (χ0) is 14.7. The average Bonchev–Trinajstić information content (AvgIpc) is 3.01. The molecule has 2 atom stereocenters. The Hall–Kier alpha value is -1.60. The van der Waals surface area contributed by atoms with E-state index in [0.29, 0.717) is 25.7 Å². The number of carbonyl (C=O) groups is 1. The van der Waals surface area contributed by atoms with Gasteiger partial charge in [0.2, 0.25) is 0 Å². The van der Waals surface area contributed by atoms with Crippen LogP contribution in [-0.2, 0) is 16.0 Å². The summed E-state index contributed by atoms with van der Waals surface area (Å²) in [6, 6.07) is 1.46. The number of rotatable bonds is 6. The van der Waals surface area contributed by atoms with Gasteiger partial charge in [-0.15, -0.1) is 0 Å². The molecule has 1 aliphatic heterocycles. The first-order valence-corrected chi connectivity index (χ1v) is 7.55. The molecule has 7 heteroatoms. The Bertz CT molecular complexity index is 486. The van der Waals surface area contributed by atoms with Crippen molar-refractivity contribution < 1.29 is 14.3 Å². The van der Waals surface area contributed by atoms with Gasteiger partial charge in [-0.2, -0.15) is 5.10 Å². The van der Waals surface area contributed by atoms with Crippen LogP contribution in [0, 0.1) is 5.92 Å². The van der Waals surface area contributed by atoms with Crippen LogP contribution < -0.4 is 10.6 Å². The van der Waals surface area contributed by atoms with Gasteiger partial charge in [-0.25, -0.2) is 9.48 Å². The van der Waals surface area contributed by atoms with Crippen molar-refractivity contribution in [3.63, 3.8) is 0 Å². The van der Waals surface area contributed by atoms with Gasteiger partial charge in [-0.1, -0.05) is 0 Å². The van der Waals surface area contributed by atoms with Crippen molar-refractivity contribution in [3.05, 3.63) is 12.3 Å². The first-order chi connectivity index (χ1) is 10.3. The van der Waals surface area contributed by atoms with E-state index in [1.807, 2.05) is 17.7 Å². The molecule has 7 nitrogen and oxygen atoms in total. The van der Waals surface area contributed by atoms with E-state index in [1.54, 1.807) is 6.20 Å². The molecule has 0 unspecified atom stereocenters. The fourth-order valence-electron chi connectivity index (χ4n) is 2.50. The third-order valence-corrected chi connectivity index (χ3v) is 3.81. The minimum Gasteiger partial charge on any atom is -0.376 e. The van der Waals surface area contributed by atoms with Crippen LogP contribution in [0.5, 0.6) is 0 Å². The van der Waals surface area contributed by atoms with Crippen LogP contribution >= 0.6 is 0 Å². The Labute approximate surface area is 124 Å². The lowest BCUT2D eigenvalue weighted by molar-refractivity contribution is 0.0428. The number of nitrogens with zero attached hydrogens (tertiary/aromatic N) is 2. The maximum absolute atomic E-state index is 12.1. The van der Waals surface area contributed by atoms with E-state index >= 15 is 0 Å². The Morgan fingerprint density at radius 3 is 3.14 bits per heavy atom. The summed E-state index contributed by atoms with van der Waals surface area (Å²) in [6.45, 7) is 4.43. The molecule has 116 valence electrons. The van der Waals surface area contributed by atoms with E-state index in [4.69, 9.17) is 9.47 Å². The van der Waals surface area contributed by atoms with Crippen LogP contribution in [0.4, 0.5) is 10.6 Å². The predicted octanol–water partition coefficient (Wildman–Crippen LogP) is 1.22. The second-order valence-electron chi connectivity index (χ2n) is 5.58. The highest BCUT2D eigenvalue weighted by Crippen LogP contribution is 2.31. The van der Waals surface area contributed by atoms with Gasteiger partial charge in [0.1, 0.15) is 11.9 Å². The summed E-state index contributed by atoms with van der Waals surface area (Å²) in [4.78, 5) is 12.1. The average molecular weight is 294 g/mol. The van der Waals surface area contributed by atoms with Crippen molar-refractivity contribution in [2.75, 3.05) is 25.1 Å². The Balaban J connectivity index is 1.52. The summed E-state index contributed by atoms with van der Waals surface area (Å²) >= 11 is 0. The van der Waals surface area contributed by atoms with Crippen LogP contribution in [0.3, 0.4) is 0 Å². The smallest absolute Gasteiger partial charge is 0.320 e. The molecule has 1 aromatic heterocycles. The molecule has 1 saturated heterocycles. The number of ether oxygens (including phenoxy) is 2. The van der Waals surface area contributed by atoms with Gasteiger partial charge in [0.05, 0.1) is 25.5 Å². The molecule has 0 radical (unpaired) electrons. The first kappa shape index (κ1) is 14.3. The molecule has 3 rings (SSSR count). The SMILES string of the molecule is CCO[C@H]1COC[C@@H]1NC(=O)Nc1ccnn1CC1CC1. The van der Waals surface area contributed by atoms with E-state index in [-0.39, 0.29) is 18.2 Å². The largest absolute Gasteiger partial charge is 0.376 e. The van der Waals surface area contributed by atoms with Crippen molar-refractivity contribution >= 4 is 11.8 Å². The van der Waals surface area contributed by atoms with Gasteiger partial charge in [0, 0.05) is 19.2 Å². The number of hydrogen-bond donors (Lipinski definition) is 2. The Morgan fingerprint density at radius 1 is 1.52 bits per heavy atom. The molecule has 2 fully saturated rings. The molecule has 21 heavy (non-hydrogen) atoms. The molecule has 0 aromatic carbocycles. The van der Waals surface area contributed by atoms with E-state index in [0.717, 1.165) is 12.4 Å². The van der Waals surface area contributed by atoms with E-state index in [1.165, 1.54) is 12.8 Å². The van der Waals surface area contributed by atoms with Gasteiger partial charge in [0.25, 0.3) is 0 Å². The zero-order valence-corrected chi connectivity index (χ0v) is 12.2. The number of nitrogens with one attached hydrogen (secondary N) is 2. The molecule has 1 aliphatic carbocycles. The van der Waals surface area contributed by atoms with E-state index in [2.05, 4.69) is 15.7 Å². The lowest BCUT2D eigenvalue weighted by Crippen LogP contribution is -2.45. The normalized spacial score (nSPS) is 25.0. The summed E-state index contributed by atoms with van der Waals surface area (Å²) in [5.74, 6) is 1.44. The topological polar surface area (TPSA) is 77.4 Å². The fourth-order valence-corrected chi connectivity index (χ4v) is 2.50. The van der Waals surface area contributed by atoms with Crippen molar-refractivity contribution in [1.29, 1.82) is 0 Å². The summed E-state index contributed by atoms with van der Waals surface area (Å²) in [5, 5.41) is 10.0. The van der Waals surface area contributed by atoms with Crippen LogP contribution in [-0.4, -0.2) is 47.8 Å². The second-order valence-corrected chi connectivity index (χ2v) is 5.58. The van der Waals surface area contributed by atoms with Crippen LogP contribution in [0.15, 0.2) is 12.3 Å². The molecule has 0 spiro atoms. The van der Waals surface area contributed by atoms with Gasteiger partial charge in [-0.05, 0) is 25.7 Å². The number of hydrogen-bond acceptors (Lipinski definition) is 4. The van der Waals surface area contributed by atoms with Crippen LogP contribution in [0.1, 0.15) is 19.8 Å². The molecule has 2 amide bonds. The Kier molecular flexibility index (Phi) is 4.40. The zero-order valence-electron chi connectivity index (χ0n) is 12.2. The minimum absolute atomic E-state index is 0.0721. The summed E-state index contributed by atoms with van der Waals surface area (Å²) in [7, 11) is 0. The third kappa shape index (κ3) is 3.74. The summed E-state index contributed by atoms with van der Waals surface area (Å²) < 4.78 is 12.8. The predicted molar refractivity (Wildman–Crippen MR) is 77.1 cm³/mol. The van der Waals surface area contributed by atoms with Crippen LogP contribution in [0.2, 0.25) is 0 Å². The van der Waals surface area contributed by atoms with Gasteiger partial charge in [-0.3, -0.25) is 5.32 Å². The number of aromatic nitrogens is 2.